The number of amides is 1. The van der Waals surface area contributed by atoms with E-state index in [2.05, 4.69) is 10.3 Å². The molecule has 19 heavy (non-hydrogen) atoms. The first-order valence-electron chi connectivity index (χ1n) is 5.64. The maximum atomic E-state index is 11.9. The predicted octanol–water partition coefficient (Wildman–Crippen LogP) is -0.237. The number of hydrogen-bond acceptors (Lipinski definition) is 5. The minimum Gasteiger partial charge on any atom is -0.385 e. The second kappa shape index (κ2) is 3.59. The number of aromatic amines is 1. The van der Waals surface area contributed by atoms with Crippen molar-refractivity contribution >= 4 is 11.7 Å². The number of fused-ring (bicyclic) bond motifs is 1. The number of nitrogens with zero attached hydrogens (tertiary/aromatic N) is 1. The molecule has 0 spiro atoms. The van der Waals surface area contributed by atoms with Crippen LogP contribution in [0.15, 0.2) is 4.79 Å². The molecule has 7 nitrogen and oxygen atoms in total. The van der Waals surface area contributed by atoms with Crippen molar-refractivity contribution in [2.24, 2.45) is 5.41 Å². The van der Waals surface area contributed by atoms with Crippen LogP contribution in [0.5, 0.6) is 0 Å². The van der Waals surface area contributed by atoms with Crippen LogP contribution >= 0.6 is 0 Å². The summed E-state index contributed by atoms with van der Waals surface area (Å²) in [6.45, 7) is 5.04. The molecule has 0 aliphatic carbocycles. The molecule has 1 atom stereocenters. The van der Waals surface area contributed by atoms with Crippen molar-refractivity contribution in [3.63, 3.8) is 0 Å². The van der Waals surface area contributed by atoms with E-state index in [1.807, 2.05) is 0 Å². The highest BCUT2D eigenvalue weighted by molar-refractivity contribution is 6.04. The Morgan fingerprint density at radius 2 is 1.95 bits per heavy atom. The Hall–Kier alpha value is -2.33. The number of nitrogens with two attached hydrogens (primary N) is 1. The monoisotopic (exact) mass is 262 g/mol. The largest absolute Gasteiger partial charge is 0.385 e. The van der Waals surface area contributed by atoms with Crippen molar-refractivity contribution in [3.05, 3.63) is 27.0 Å². The van der Waals surface area contributed by atoms with Crippen LogP contribution in [0.3, 0.4) is 0 Å². The fourth-order valence-electron chi connectivity index (χ4n) is 2.18. The van der Waals surface area contributed by atoms with Gasteiger partial charge >= 0.3 is 0 Å². The number of H-pyrrole nitrogens is 1. The van der Waals surface area contributed by atoms with Crippen molar-refractivity contribution in [1.82, 2.24) is 10.3 Å². The Labute approximate surface area is 109 Å². The standard InChI is InChI=1S/C12H14N4O3/c1-11(2,3)12(19)7-5(4-13)9(17)15-8(14)6(7)10(18)16-12/h19H,1-3H3,(H,16,18)(H3,14,15,17). The summed E-state index contributed by atoms with van der Waals surface area (Å²) in [5.74, 6) is -0.769. The summed E-state index contributed by atoms with van der Waals surface area (Å²) in [6.07, 6.45) is 0. The SMILES string of the molecule is CC(C)(C)C1(O)NC(=O)c2c(N)[nH]c(=O)c(C#N)c21. The molecular weight excluding hydrogens is 248 g/mol. The van der Waals surface area contributed by atoms with Crippen LogP contribution in [0.25, 0.3) is 0 Å². The number of aliphatic hydroxyl groups is 1. The van der Waals surface area contributed by atoms with E-state index in [-0.39, 0.29) is 22.5 Å². The van der Waals surface area contributed by atoms with Gasteiger partial charge in [0.15, 0.2) is 5.72 Å². The summed E-state index contributed by atoms with van der Waals surface area (Å²) in [6, 6.07) is 1.72. The van der Waals surface area contributed by atoms with E-state index < -0.39 is 22.6 Å². The first-order valence-corrected chi connectivity index (χ1v) is 5.64. The number of rotatable bonds is 0. The van der Waals surface area contributed by atoms with Gasteiger partial charge in [-0.1, -0.05) is 20.8 Å². The van der Waals surface area contributed by atoms with E-state index in [0.717, 1.165) is 0 Å². The number of anilines is 1. The van der Waals surface area contributed by atoms with Gasteiger partial charge in [-0.05, 0) is 0 Å². The molecule has 1 aromatic heterocycles. The lowest BCUT2D eigenvalue weighted by molar-refractivity contribution is -0.0788. The Morgan fingerprint density at radius 1 is 1.37 bits per heavy atom. The fourth-order valence-corrected chi connectivity index (χ4v) is 2.18. The van der Waals surface area contributed by atoms with Crippen molar-refractivity contribution in [2.45, 2.75) is 26.5 Å². The number of nitriles is 1. The molecule has 1 unspecified atom stereocenters. The van der Waals surface area contributed by atoms with E-state index in [4.69, 9.17) is 11.0 Å². The smallest absolute Gasteiger partial charge is 0.267 e. The van der Waals surface area contributed by atoms with Gasteiger partial charge < -0.3 is 21.1 Å². The maximum Gasteiger partial charge on any atom is 0.267 e. The van der Waals surface area contributed by atoms with Gasteiger partial charge in [-0.15, -0.1) is 0 Å². The highest BCUT2D eigenvalue weighted by Gasteiger charge is 2.52. The average molecular weight is 262 g/mol. The average Bonchev–Trinajstić information content (AvgIpc) is 2.52. The molecule has 0 saturated carbocycles. The molecule has 1 amide bonds. The summed E-state index contributed by atoms with van der Waals surface area (Å²) in [4.78, 5) is 25.9. The lowest BCUT2D eigenvalue weighted by Crippen LogP contribution is -2.50. The minimum atomic E-state index is -1.81. The molecule has 1 aliphatic rings. The van der Waals surface area contributed by atoms with Gasteiger partial charge in [-0.25, -0.2) is 0 Å². The fraction of sp³-hybridized carbons (Fsp3) is 0.417. The van der Waals surface area contributed by atoms with Crippen LogP contribution in [-0.2, 0) is 5.72 Å². The quantitative estimate of drug-likeness (QED) is 0.512. The molecular formula is C12H14N4O3. The van der Waals surface area contributed by atoms with Gasteiger partial charge in [0.25, 0.3) is 11.5 Å². The van der Waals surface area contributed by atoms with Gasteiger partial charge in [0.2, 0.25) is 0 Å². The number of carbonyl (C=O) groups is 1. The minimum absolute atomic E-state index is 0.0475. The van der Waals surface area contributed by atoms with E-state index in [1.54, 1.807) is 26.8 Å². The molecule has 0 aromatic carbocycles. The van der Waals surface area contributed by atoms with E-state index >= 15 is 0 Å². The Morgan fingerprint density at radius 3 is 2.42 bits per heavy atom. The van der Waals surface area contributed by atoms with Crippen LogP contribution in [0.4, 0.5) is 5.82 Å². The normalized spacial score (nSPS) is 21.7. The summed E-state index contributed by atoms with van der Waals surface area (Å²) >= 11 is 0. The summed E-state index contributed by atoms with van der Waals surface area (Å²) in [7, 11) is 0. The number of hydrogen-bond donors (Lipinski definition) is 4. The maximum absolute atomic E-state index is 11.9. The van der Waals surface area contributed by atoms with Gasteiger partial charge in [-0.2, -0.15) is 5.26 Å². The Balaban J connectivity index is 2.96. The molecule has 0 bridgehead atoms. The molecule has 2 heterocycles. The van der Waals surface area contributed by atoms with Crippen LogP contribution in [0, 0.1) is 16.7 Å². The van der Waals surface area contributed by atoms with Crippen LogP contribution < -0.4 is 16.6 Å². The zero-order chi connectivity index (χ0) is 14.6. The number of carbonyl (C=O) groups excluding carboxylic acids is 1. The number of pyridine rings is 1. The number of nitrogens with one attached hydrogen (secondary N) is 2. The number of nitrogen functional groups attached to an aromatic ring is 1. The highest BCUT2D eigenvalue weighted by atomic mass is 16.3. The molecule has 1 aliphatic heterocycles. The first kappa shape index (κ1) is 13.1. The lowest BCUT2D eigenvalue weighted by Gasteiger charge is -2.37. The van der Waals surface area contributed by atoms with E-state index in [0.29, 0.717) is 0 Å². The first-order chi connectivity index (χ1) is 8.63. The summed E-state index contributed by atoms with van der Waals surface area (Å²) < 4.78 is 0. The van der Waals surface area contributed by atoms with Crippen molar-refractivity contribution in [3.8, 4) is 6.07 Å². The molecule has 0 radical (unpaired) electrons. The van der Waals surface area contributed by atoms with Gasteiger partial charge in [0, 0.05) is 11.0 Å². The topological polar surface area (TPSA) is 132 Å². The second-order valence-corrected chi connectivity index (χ2v) is 5.52. The molecule has 100 valence electrons. The summed E-state index contributed by atoms with van der Waals surface area (Å²) in [5.41, 5.74) is 1.86. The third kappa shape index (κ3) is 1.54. The second-order valence-electron chi connectivity index (χ2n) is 5.52. The Kier molecular flexibility index (Phi) is 2.47. The van der Waals surface area contributed by atoms with Crippen LogP contribution in [-0.4, -0.2) is 16.0 Å². The molecule has 2 rings (SSSR count). The van der Waals surface area contributed by atoms with Gasteiger partial charge in [-0.3, -0.25) is 9.59 Å². The summed E-state index contributed by atoms with van der Waals surface area (Å²) in [5, 5.41) is 22.2. The van der Waals surface area contributed by atoms with Crippen LogP contribution in [0.2, 0.25) is 0 Å². The zero-order valence-corrected chi connectivity index (χ0v) is 10.8. The van der Waals surface area contributed by atoms with Crippen molar-refractivity contribution in [1.29, 1.82) is 5.26 Å². The lowest BCUT2D eigenvalue weighted by atomic mass is 9.78. The van der Waals surface area contributed by atoms with E-state index in [1.165, 1.54) is 0 Å². The Bertz CT molecular complexity index is 678. The third-order valence-corrected chi connectivity index (χ3v) is 3.33. The van der Waals surface area contributed by atoms with Crippen molar-refractivity contribution in [2.75, 3.05) is 5.73 Å². The van der Waals surface area contributed by atoms with Crippen LogP contribution in [0.1, 0.15) is 42.3 Å². The third-order valence-electron chi connectivity index (χ3n) is 3.33. The van der Waals surface area contributed by atoms with Crippen molar-refractivity contribution < 1.29 is 9.90 Å². The zero-order valence-electron chi connectivity index (χ0n) is 10.8. The number of aromatic nitrogens is 1. The molecule has 0 fully saturated rings. The van der Waals surface area contributed by atoms with E-state index in [9.17, 15) is 14.7 Å². The molecule has 7 heteroatoms. The molecule has 5 N–H and O–H groups in total. The predicted molar refractivity (Wildman–Crippen MR) is 67.0 cm³/mol. The highest BCUT2D eigenvalue weighted by Crippen LogP contribution is 2.44. The van der Waals surface area contributed by atoms with Gasteiger partial charge in [0.1, 0.15) is 17.5 Å². The molecule has 1 aromatic rings. The molecule has 0 saturated heterocycles. The van der Waals surface area contributed by atoms with Gasteiger partial charge in [0.05, 0.1) is 5.56 Å².